The van der Waals surface area contributed by atoms with Crippen LogP contribution in [0.15, 0.2) is 48.5 Å². The highest BCUT2D eigenvalue weighted by Crippen LogP contribution is 2.17. The van der Waals surface area contributed by atoms with E-state index in [-0.39, 0.29) is 17.1 Å². The molecule has 0 aliphatic rings. The summed E-state index contributed by atoms with van der Waals surface area (Å²) < 4.78 is 28.3. The Kier molecular flexibility index (Phi) is 4.83. The monoisotopic (exact) mass is 305 g/mol. The topological polar surface area (TPSA) is 55.4 Å². The normalized spacial score (nSPS) is 10.4. The second-order valence-electron chi connectivity index (χ2n) is 4.49. The molecule has 0 bridgehead atoms. The summed E-state index contributed by atoms with van der Waals surface area (Å²) in [4.78, 5) is 23.3. The van der Waals surface area contributed by atoms with Gasteiger partial charge in [0.25, 0.3) is 5.91 Å². The summed E-state index contributed by atoms with van der Waals surface area (Å²) in [7, 11) is 0. The Labute approximate surface area is 125 Å². The van der Waals surface area contributed by atoms with Crippen LogP contribution in [0.1, 0.15) is 27.6 Å². The van der Waals surface area contributed by atoms with Gasteiger partial charge in [-0.2, -0.15) is 8.78 Å². The van der Waals surface area contributed by atoms with E-state index in [2.05, 4.69) is 10.1 Å². The predicted octanol–water partition coefficient (Wildman–Crippen LogP) is 3.74. The molecule has 1 amide bonds. The fraction of sp³-hybridized carbons (Fsp3) is 0.125. The smallest absolute Gasteiger partial charge is 0.387 e. The second kappa shape index (κ2) is 6.80. The van der Waals surface area contributed by atoms with E-state index in [4.69, 9.17) is 0 Å². The molecule has 0 fully saturated rings. The molecule has 0 spiro atoms. The number of alkyl halides is 2. The third-order valence-electron chi connectivity index (χ3n) is 2.87. The molecule has 0 saturated carbocycles. The third kappa shape index (κ3) is 4.12. The minimum absolute atomic E-state index is 0.0230. The lowest BCUT2D eigenvalue weighted by atomic mass is 10.1. The zero-order valence-electron chi connectivity index (χ0n) is 11.7. The van der Waals surface area contributed by atoms with Crippen LogP contribution in [0.2, 0.25) is 0 Å². The Morgan fingerprint density at radius 2 is 1.73 bits per heavy atom. The van der Waals surface area contributed by atoms with Gasteiger partial charge >= 0.3 is 6.61 Å². The van der Waals surface area contributed by atoms with Crippen LogP contribution < -0.4 is 10.1 Å². The number of amides is 1. The van der Waals surface area contributed by atoms with Gasteiger partial charge in [0.2, 0.25) is 0 Å². The van der Waals surface area contributed by atoms with Crippen molar-refractivity contribution >= 4 is 17.4 Å². The van der Waals surface area contributed by atoms with E-state index >= 15 is 0 Å². The maximum atomic E-state index is 12.0. The maximum Gasteiger partial charge on any atom is 0.387 e. The number of anilines is 1. The van der Waals surface area contributed by atoms with Gasteiger partial charge in [-0.15, -0.1) is 0 Å². The third-order valence-corrected chi connectivity index (χ3v) is 2.87. The van der Waals surface area contributed by atoms with Crippen LogP contribution in [0.4, 0.5) is 14.5 Å². The Morgan fingerprint density at radius 1 is 1.05 bits per heavy atom. The summed E-state index contributed by atoms with van der Waals surface area (Å²) in [5.41, 5.74) is 1.25. The van der Waals surface area contributed by atoms with Crippen molar-refractivity contribution < 1.29 is 23.1 Å². The molecule has 0 heterocycles. The van der Waals surface area contributed by atoms with Gasteiger partial charge in [-0.3, -0.25) is 9.59 Å². The molecule has 0 radical (unpaired) electrons. The van der Waals surface area contributed by atoms with Gasteiger partial charge in [-0.05, 0) is 43.3 Å². The number of hydrogen-bond acceptors (Lipinski definition) is 3. The molecule has 114 valence electrons. The van der Waals surface area contributed by atoms with E-state index < -0.39 is 12.5 Å². The number of rotatable bonds is 5. The molecule has 0 unspecified atom stereocenters. The van der Waals surface area contributed by atoms with E-state index in [0.717, 1.165) is 0 Å². The summed E-state index contributed by atoms with van der Waals surface area (Å²) in [5.74, 6) is -0.543. The minimum Gasteiger partial charge on any atom is -0.435 e. The van der Waals surface area contributed by atoms with Crippen molar-refractivity contribution in [3.05, 3.63) is 59.7 Å². The average molecular weight is 305 g/mol. The summed E-state index contributed by atoms with van der Waals surface area (Å²) in [6.45, 7) is -1.48. The van der Waals surface area contributed by atoms with Gasteiger partial charge in [0.15, 0.2) is 5.78 Å². The summed E-state index contributed by atoms with van der Waals surface area (Å²) in [5, 5.41) is 2.63. The molecule has 2 aromatic carbocycles. The highest BCUT2D eigenvalue weighted by molar-refractivity contribution is 6.05. The van der Waals surface area contributed by atoms with Crippen LogP contribution in [0.5, 0.6) is 5.75 Å². The molecule has 0 atom stereocenters. The highest BCUT2D eigenvalue weighted by Gasteiger charge is 2.09. The number of carbonyl (C=O) groups is 2. The lowest BCUT2D eigenvalue weighted by Gasteiger charge is -2.08. The SMILES string of the molecule is CC(=O)c1cccc(NC(=O)c2ccc(OC(F)F)cc2)c1. The highest BCUT2D eigenvalue weighted by atomic mass is 19.3. The van der Waals surface area contributed by atoms with Crippen LogP contribution in [-0.4, -0.2) is 18.3 Å². The van der Waals surface area contributed by atoms with Crippen LogP contribution in [0, 0.1) is 0 Å². The molecule has 2 aromatic rings. The fourth-order valence-electron chi connectivity index (χ4n) is 1.81. The van der Waals surface area contributed by atoms with Crippen LogP contribution in [0.3, 0.4) is 0 Å². The predicted molar refractivity (Wildman–Crippen MR) is 77.5 cm³/mol. The van der Waals surface area contributed by atoms with E-state index in [1.54, 1.807) is 24.3 Å². The van der Waals surface area contributed by atoms with E-state index in [1.165, 1.54) is 31.2 Å². The molecular weight excluding hydrogens is 292 g/mol. The number of hydrogen-bond donors (Lipinski definition) is 1. The molecule has 0 aromatic heterocycles. The summed E-state index contributed by atoms with van der Waals surface area (Å²) in [6.07, 6.45) is 0. The van der Waals surface area contributed by atoms with Crippen molar-refractivity contribution in [3.63, 3.8) is 0 Å². The van der Waals surface area contributed by atoms with Gasteiger partial charge < -0.3 is 10.1 Å². The number of nitrogens with one attached hydrogen (secondary N) is 1. The Morgan fingerprint density at radius 3 is 2.32 bits per heavy atom. The Bertz CT molecular complexity index is 684. The van der Waals surface area contributed by atoms with Gasteiger partial charge in [-0.1, -0.05) is 12.1 Å². The van der Waals surface area contributed by atoms with Crippen molar-refractivity contribution in [2.75, 3.05) is 5.32 Å². The van der Waals surface area contributed by atoms with Gasteiger partial charge in [0.05, 0.1) is 0 Å². The fourth-order valence-corrected chi connectivity index (χ4v) is 1.81. The number of halogens is 2. The first-order chi connectivity index (χ1) is 10.5. The zero-order valence-corrected chi connectivity index (χ0v) is 11.7. The number of carbonyl (C=O) groups excluding carboxylic acids is 2. The van der Waals surface area contributed by atoms with E-state index in [1.807, 2.05) is 0 Å². The molecule has 1 N–H and O–H groups in total. The lowest BCUT2D eigenvalue weighted by Crippen LogP contribution is -2.12. The molecule has 6 heteroatoms. The zero-order chi connectivity index (χ0) is 16.1. The second-order valence-corrected chi connectivity index (χ2v) is 4.49. The quantitative estimate of drug-likeness (QED) is 0.856. The molecule has 4 nitrogen and oxygen atoms in total. The Hall–Kier alpha value is -2.76. The van der Waals surface area contributed by atoms with Crippen LogP contribution >= 0.6 is 0 Å². The molecule has 0 aliphatic heterocycles. The van der Waals surface area contributed by atoms with Crippen molar-refractivity contribution in [1.82, 2.24) is 0 Å². The standard InChI is InChI=1S/C16H13F2NO3/c1-10(20)12-3-2-4-13(9-12)19-15(21)11-5-7-14(8-6-11)22-16(17)18/h2-9,16H,1H3,(H,19,21). The number of benzene rings is 2. The van der Waals surface area contributed by atoms with Crippen LogP contribution in [0.25, 0.3) is 0 Å². The first kappa shape index (κ1) is 15.6. The summed E-state index contributed by atoms with van der Waals surface area (Å²) >= 11 is 0. The molecule has 0 aliphatic carbocycles. The molecule has 2 rings (SSSR count). The van der Waals surface area contributed by atoms with Crippen molar-refractivity contribution in [1.29, 1.82) is 0 Å². The van der Waals surface area contributed by atoms with Gasteiger partial charge in [0, 0.05) is 16.8 Å². The number of ether oxygens (including phenoxy) is 1. The summed E-state index contributed by atoms with van der Waals surface area (Å²) in [6, 6.07) is 11.8. The lowest BCUT2D eigenvalue weighted by molar-refractivity contribution is -0.0498. The largest absolute Gasteiger partial charge is 0.435 e. The van der Waals surface area contributed by atoms with Gasteiger partial charge in [0.1, 0.15) is 5.75 Å². The van der Waals surface area contributed by atoms with Gasteiger partial charge in [-0.25, -0.2) is 0 Å². The number of ketones is 1. The molecular formula is C16H13F2NO3. The first-order valence-corrected chi connectivity index (χ1v) is 6.43. The Balaban J connectivity index is 2.08. The van der Waals surface area contributed by atoms with E-state index in [0.29, 0.717) is 11.3 Å². The molecule has 0 saturated heterocycles. The van der Waals surface area contributed by atoms with E-state index in [9.17, 15) is 18.4 Å². The van der Waals surface area contributed by atoms with Crippen molar-refractivity contribution in [2.24, 2.45) is 0 Å². The van der Waals surface area contributed by atoms with Crippen molar-refractivity contribution in [3.8, 4) is 5.75 Å². The van der Waals surface area contributed by atoms with Crippen LogP contribution in [-0.2, 0) is 0 Å². The first-order valence-electron chi connectivity index (χ1n) is 6.43. The maximum absolute atomic E-state index is 12.0. The number of Topliss-reactive ketones (excluding diaryl/α,β-unsaturated/α-hetero) is 1. The molecule has 22 heavy (non-hydrogen) atoms. The van der Waals surface area contributed by atoms with Crippen molar-refractivity contribution in [2.45, 2.75) is 13.5 Å². The minimum atomic E-state index is -2.91. The average Bonchev–Trinajstić information content (AvgIpc) is 2.47.